The number of aromatic nitrogens is 2. The van der Waals surface area contributed by atoms with Crippen LogP contribution in [0.25, 0.3) is 11.0 Å². The van der Waals surface area contributed by atoms with E-state index in [2.05, 4.69) is 37.2 Å². The second-order valence-electron chi connectivity index (χ2n) is 5.91. The van der Waals surface area contributed by atoms with Crippen molar-refractivity contribution in [3.8, 4) is 0 Å². The summed E-state index contributed by atoms with van der Waals surface area (Å²) in [4.78, 5) is 4.40. The normalized spacial score (nSPS) is 14.1. The molecule has 0 spiro atoms. The van der Waals surface area contributed by atoms with Gasteiger partial charge in [0.2, 0.25) is 0 Å². The quantitative estimate of drug-likeness (QED) is 0.806. The highest BCUT2D eigenvalue weighted by molar-refractivity contribution is 5.78. The smallest absolute Gasteiger partial charge is 0.0958 e. The van der Waals surface area contributed by atoms with E-state index in [9.17, 15) is 0 Å². The van der Waals surface area contributed by atoms with Crippen LogP contribution in [0.1, 0.15) is 27.7 Å². The number of benzene rings is 1. The van der Waals surface area contributed by atoms with Crippen LogP contribution in [0.4, 0.5) is 5.69 Å². The Bertz CT molecular complexity index is 520. The van der Waals surface area contributed by atoms with Gasteiger partial charge in [-0.1, -0.05) is 27.7 Å². The van der Waals surface area contributed by atoms with Crippen LogP contribution >= 0.6 is 0 Å². The van der Waals surface area contributed by atoms with Crippen molar-refractivity contribution in [3.05, 3.63) is 24.5 Å². The lowest BCUT2D eigenvalue weighted by Gasteiger charge is -2.27. The van der Waals surface area contributed by atoms with Gasteiger partial charge in [0.05, 0.1) is 17.4 Å². The highest BCUT2D eigenvalue weighted by Gasteiger charge is 2.20. The third-order valence-electron chi connectivity index (χ3n) is 3.59. The van der Waals surface area contributed by atoms with E-state index in [0.717, 1.165) is 23.3 Å². The van der Waals surface area contributed by atoms with E-state index in [1.165, 1.54) is 0 Å². The molecule has 1 aromatic heterocycles. The van der Waals surface area contributed by atoms with Gasteiger partial charge in [-0.15, -0.1) is 0 Å². The predicted octanol–water partition coefficient (Wildman–Crippen LogP) is 3.30. The Hall–Kier alpha value is -1.51. The van der Waals surface area contributed by atoms with Crippen LogP contribution in [0.15, 0.2) is 24.5 Å². The predicted molar refractivity (Wildman–Crippen MR) is 72.8 cm³/mol. The summed E-state index contributed by atoms with van der Waals surface area (Å²) in [5.74, 6) is 0.595. The van der Waals surface area contributed by atoms with Crippen molar-refractivity contribution in [1.29, 1.82) is 0 Å². The summed E-state index contributed by atoms with van der Waals surface area (Å²) in [5, 5.41) is 0. The molecule has 0 saturated heterocycles. The summed E-state index contributed by atoms with van der Waals surface area (Å²) in [6, 6.07) is 5.91. The Morgan fingerprint density at radius 1 is 1.35 bits per heavy atom. The summed E-state index contributed by atoms with van der Waals surface area (Å²) in [7, 11) is 0. The van der Waals surface area contributed by atoms with Crippen molar-refractivity contribution in [2.75, 3.05) is 5.73 Å². The molecule has 92 valence electrons. The first kappa shape index (κ1) is 12.0. The third kappa shape index (κ3) is 2.43. The molecule has 0 aliphatic rings. The number of hydrogen-bond donors (Lipinski definition) is 1. The molecule has 2 N–H and O–H groups in total. The molecule has 0 aliphatic carbocycles. The molecule has 0 fully saturated rings. The Labute approximate surface area is 103 Å². The molecule has 1 unspecified atom stereocenters. The number of nitrogens with zero attached hydrogens (tertiary/aromatic N) is 2. The largest absolute Gasteiger partial charge is 0.399 e. The minimum absolute atomic E-state index is 0.310. The lowest BCUT2D eigenvalue weighted by molar-refractivity contribution is 0.235. The first-order valence-electron chi connectivity index (χ1n) is 6.08. The van der Waals surface area contributed by atoms with Crippen molar-refractivity contribution in [3.63, 3.8) is 0 Å². The monoisotopic (exact) mass is 231 g/mol. The first-order chi connectivity index (χ1) is 7.88. The molecule has 17 heavy (non-hydrogen) atoms. The molecule has 0 saturated carbocycles. The molecule has 1 aromatic carbocycles. The highest BCUT2D eigenvalue weighted by Crippen LogP contribution is 2.28. The van der Waals surface area contributed by atoms with Gasteiger partial charge in [0.15, 0.2) is 0 Å². The van der Waals surface area contributed by atoms with Crippen LogP contribution in [0.3, 0.4) is 0 Å². The van der Waals surface area contributed by atoms with Crippen LogP contribution in [0.2, 0.25) is 0 Å². The molecule has 1 heterocycles. The van der Waals surface area contributed by atoms with Crippen LogP contribution < -0.4 is 5.73 Å². The summed E-state index contributed by atoms with van der Waals surface area (Å²) in [5.41, 5.74) is 8.97. The zero-order valence-corrected chi connectivity index (χ0v) is 11.1. The molecule has 2 aromatic rings. The molecule has 0 aliphatic heterocycles. The number of nitrogen functional groups attached to an aromatic ring is 1. The Morgan fingerprint density at radius 2 is 2.06 bits per heavy atom. The molecule has 0 bridgehead atoms. The molecule has 3 nitrogen and oxygen atoms in total. The van der Waals surface area contributed by atoms with E-state index < -0.39 is 0 Å². The maximum atomic E-state index is 5.75. The zero-order chi connectivity index (χ0) is 12.6. The van der Waals surface area contributed by atoms with E-state index in [4.69, 9.17) is 5.73 Å². The Kier molecular flexibility index (Phi) is 2.86. The van der Waals surface area contributed by atoms with E-state index in [1.807, 2.05) is 24.5 Å². The van der Waals surface area contributed by atoms with Crippen molar-refractivity contribution < 1.29 is 0 Å². The molecular formula is C14H21N3. The van der Waals surface area contributed by atoms with Gasteiger partial charge in [0, 0.05) is 12.2 Å². The molecule has 0 amide bonds. The first-order valence-corrected chi connectivity index (χ1v) is 6.08. The number of anilines is 1. The number of fused-ring (bicyclic) bond motifs is 1. The van der Waals surface area contributed by atoms with Gasteiger partial charge in [-0.05, 0) is 29.5 Å². The number of nitrogens with two attached hydrogens (primary N) is 1. The van der Waals surface area contributed by atoms with Crippen LogP contribution in [-0.4, -0.2) is 9.55 Å². The van der Waals surface area contributed by atoms with Gasteiger partial charge in [-0.2, -0.15) is 0 Å². The number of imidazole rings is 1. The van der Waals surface area contributed by atoms with Crippen molar-refractivity contribution in [2.45, 2.75) is 34.2 Å². The Balaban J connectivity index is 2.31. The zero-order valence-electron chi connectivity index (χ0n) is 11.1. The lowest BCUT2D eigenvalue weighted by Crippen LogP contribution is -2.22. The average Bonchev–Trinajstić information content (AvgIpc) is 2.59. The maximum absolute atomic E-state index is 5.75. The van der Waals surface area contributed by atoms with E-state index in [0.29, 0.717) is 11.3 Å². The van der Waals surface area contributed by atoms with Crippen LogP contribution in [0, 0.1) is 11.3 Å². The molecule has 3 heteroatoms. The standard InChI is InChI=1S/C14H21N3/c1-10(14(2,3)4)8-17-9-16-12-7-11(15)5-6-13(12)17/h5-7,9-10H,8,15H2,1-4H3. The van der Waals surface area contributed by atoms with Crippen molar-refractivity contribution >= 4 is 16.7 Å². The number of rotatable bonds is 2. The SMILES string of the molecule is CC(Cn1cnc2cc(N)ccc21)C(C)(C)C. The van der Waals surface area contributed by atoms with Gasteiger partial charge in [0.25, 0.3) is 0 Å². The average molecular weight is 231 g/mol. The Morgan fingerprint density at radius 3 is 2.71 bits per heavy atom. The van der Waals surface area contributed by atoms with E-state index in [-0.39, 0.29) is 0 Å². The minimum Gasteiger partial charge on any atom is -0.399 e. The molecular weight excluding hydrogens is 210 g/mol. The van der Waals surface area contributed by atoms with Crippen molar-refractivity contribution in [2.24, 2.45) is 11.3 Å². The highest BCUT2D eigenvalue weighted by atomic mass is 15.0. The van der Waals surface area contributed by atoms with Crippen molar-refractivity contribution in [1.82, 2.24) is 9.55 Å². The van der Waals surface area contributed by atoms with Crippen LogP contribution in [-0.2, 0) is 6.54 Å². The van der Waals surface area contributed by atoms with E-state index >= 15 is 0 Å². The lowest BCUT2D eigenvalue weighted by atomic mass is 9.82. The van der Waals surface area contributed by atoms with E-state index in [1.54, 1.807) is 0 Å². The topological polar surface area (TPSA) is 43.8 Å². The summed E-state index contributed by atoms with van der Waals surface area (Å²) < 4.78 is 2.21. The fourth-order valence-corrected chi connectivity index (χ4v) is 1.80. The van der Waals surface area contributed by atoms with Gasteiger partial charge in [-0.25, -0.2) is 4.98 Å². The maximum Gasteiger partial charge on any atom is 0.0958 e. The summed E-state index contributed by atoms with van der Waals surface area (Å²) >= 11 is 0. The fraction of sp³-hybridized carbons (Fsp3) is 0.500. The second kappa shape index (κ2) is 4.06. The van der Waals surface area contributed by atoms with Gasteiger partial charge >= 0.3 is 0 Å². The van der Waals surface area contributed by atoms with Gasteiger partial charge < -0.3 is 10.3 Å². The minimum atomic E-state index is 0.310. The molecule has 1 atom stereocenters. The van der Waals surface area contributed by atoms with Crippen LogP contribution in [0.5, 0.6) is 0 Å². The molecule has 2 rings (SSSR count). The number of hydrogen-bond acceptors (Lipinski definition) is 2. The van der Waals surface area contributed by atoms with Gasteiger partial charge in [-0.3, -0.25) is 0 Å². The van der Waals surface area contributed by atoms with Gasteiger partial charge in [0.1, 0.15) is 0 Å². The summed E-state index contributed by atoms with van der Waals surface area (Å²) in [6.07, 6.45) is 1.91. The summed E-state index contributed by atoms with van der Waals surface area (Å²) in [6.45, 7) is 10.1. The third-order valence-corrected chi connectivity index (χ3v) is 3.59. The second-order valence-corrected chi connectivity index (χ2v) is 5.91. The molecule has 0 radical (unpaired) electrons. The fourth-order valence-electron chi connectivity index (χ4n) is 1.80.